The fraction of sp³-hybridized carbons (Fsp3) is 0.333. The van der Waals surface area contributed by atoms with Crippen LogP contribution >= 0.6 is 15.9 Å². The van der Waals surface area contributed by atoms with Crippen LogP contribution in [0.1, 0.15) is 29.9 Å². The largest absolute Gasteiger partial charge is 0.469 e. The summed E-state index contributed by atoms with van der Waals surface area (Å²) < 4.78 is 5.50. The Kier molecular flexibility index (Phi) is 3.41. The van der Waals surface area contributed by atoms with E-state index in [2.05, 4.69) is 20.9 Å². The van der Waals surface area contributed by atoms with Gasteiger partial charge in [-0.3, -0.25) is 9.78 Å². The van der Waals surface area contributed by atoms with Gasteiger partial charge in [0.15, 0.2) is 0 Å². The molecule has 1 heterocycles. The molecule has 17 heavy (non-hydrogen) atoms. The Balaban J connectivity index is 2.60. The lowest BCUT2D eigenvalue weighted by Crippen LogP contribution is -2.20. The topological polar surface area (TPSA) is 56.3 Å². The molecule has 4 nitrogen and oxygen atoms in total. The predicted octanol–water partition coefficient (Wildman–Crippen LogP) is 2.11. The van der Waals surface area contributed by atoms with E-state index in [0.29, 0.717) is 24.0 Å². The summed E-state index contributed by atoms with van der Waals surface area (Å²) in [7, 11) is 1.36. The molecule has 0 aliphatic heterocycles. The Bertz CT molecular complexity index is 520. The fourth-order valence-electron chi connectivity index (χ4n) is 2.09. The maximum Gasteiger partial charge on any atom is 0.313 e. The van der Waals surface area contributed by atoms with Crippen LogP contribution < -0.4 is 0 Å². The van der Waals surface area contributed by atoms with Gasteiger partial charge in [-0.15, -0.1) is 0 Å². The van der Waals surface area contributed by atoms with Gasteiger partial charge in [0.05, 0.1) is 13.0 Å². The molecule has 88 valence electrons. The molecule has 1 aliphatic carbocycles. The lowest BCUT2D eigenvalue weighted by molar-refractivity contribution is -0.142. The highest BCUT2D eigenvalue weighted by Crippen LogP contribution is 2.40. The van der Waals surface area contributed by atoms with Gasteiger partial charge in [0, 0.05) is 28.0 Å². The van der Waals surface area contributed by atoms with Crippen LogP contribution in [-0.4, -0.2) is 24.0 Å². The maximum atomic E-state index is 11.7. The quantitative estimate of drug-likeness (QED) is 0.588. The third-order valence-electron chi connectivity index (χ3n) is 2.90. The molecular formula is C12H10BrNO3. The molecule has 1 atom stereocenters. The molecular weight excluding hydrogens is 286 g/mol. The number of rotatable bonds is 1. The second-order valence-corrected chi connectivity index (χ2v) is 4.63. The highest BCUT2D eigenvalue weighted by atomic mass is 79.9. The number of carbonyl (C=O) groups excluding carboxylic acids is 2. The van der Waals surface area contributed by atoms with E-state index in [1.807, 2.05) is 5.94 Å². The lowest BCUT2D eigenvalue weighted by Gasteiger charge is -2.24. The smallest absolute Gasteiger partial charge is 0.313 e. The molecule has 2 rings (SSSR count). The Morgan fingerprint density at radius 2 is 2.35 bits per heavy atom. The minimum atomic E-state index is -0.343. The molecule has 0 radical (unpaired) electrons. The summed E-state index contributed by atoms with van der Waals surface area (Å²) in [4.78, 5) is 26.6. The van der Waals surface area contributed by atoms with Gasteiger partial charge in [-0.2, -0.15) is 0 Å². The number of methoxy groups -OCH3 is 1. The van der Waals surface area contributed by atoms with Crippen molar-refractivity contribution in [3.05, 3.63) is 28.0 Å². The number of fused-ring (bicyclic) bond motifs is 1. The molecule has 0 fully saturated rings. The van der Waals surface area contributed by atoms with E-state index in [-0.39, 0.29) is 11.9 Å². The maximum absolute atomic E-state index is 11.7. The summed E-state index contributed by atoms with van der Waals surface area (Å²) in [6.07, 6.45) is 4.29. The van der Waals surface area contributed by atoms with Gasteiger partial charge in [0.2, 0.25) is 0 Å². The zero-order valence-electron chi connectivity index (χ0n) is 9.20. The number of pyridine rings is 1. The van der Waals surface area contributed by atoms with Crippen LogP contribution in [-0.2, 0) is 14.3 Å². The third-order valence-corrected chi connectivity index (χ3v) is 3.54. The Morgan fingerprint density at radius 1 is 1.59 bits per heavy atom. The van der Waals surface area contributed by atoms with E-state index in [1.165, 1.54) is 7.11 Å². The summed E-state index contributed by atoms with van der Waals surface area (Å²) in [6.45, 7) is 0. The minimum absolute atomic E-state index is 0.289. The van der Waals surface area contributed by atoms with Gasteiger partial charge < -0.3 is 4.74 Å². The molecule has 0 bridgehead atoms. The number of aromatic nitrogens is 1. The van der Waals surface area contributed by atoms with Crippen molar-refractivity contribution in [3.8, 4) is 0 Å². The van der Waals surface area contributed by atoms with Crippen LogP contribution in [0.3, 0.4) is 0 Å². The highest BCUT2D eigenvalue weighted by molar-refractivity contribution is 9.10. The van der Waals surface area contributed by atoms with Crippen LogP contribution in [0.15, 0.2) is 16.9 Å². The van der Waals surface area contributed by atoms with E-state index < -0.39 is 0 Å². The number of hydrogen-bond donors (Lipinski definition) is 0. The number of halogens is 1. The summed E-state index contributed by atoms with van der Waals surface area (Å²) >= 11 is 3.36. The minimum Gasteiger partial charge on any atom is -0.469 e. The molecule has 0 N–H and O–H groups in total. The van der Waals surface area contributed by atoms with Crippen molar-refractivity contribution in [2.24, 2.45) is 0 Å². The van der Waals surface area contributed by atoms with Crippen LogP contribution in [0.25, 0.3) is 5.57 Å². The van der Waals surface area contributed by atoms with Crippen molar-refractivity contribution in [1.82, 2.24) is 4.98 Å². The number of ether oxygens (including phenoxy) is 1. The van der Waals surface area contributed by atoms with Crippen molar-refractivity contribution < 1.29 is 14.3 Å². The summed E-state index contributed by atoms with van der Waals surface area (Å²) in [5, 5.41) is 0. The summed E-state index contributed by atoms with van der Waals surface area (Å²) in [5.74, 6) is 1.29. The van der Waals surface area contributed by atoms with E-state index in [4.69, 9.17) is 4.74 Å². The first-order chi connectivity index (χ1) is 8.19. The van der Waals surface area contributed by atoms with Crippen LogP contribution in [0.5, 0.6) is 0 Å². The fourth-order valence-corrected chi connectivity index (χ4v) is 2.70. The molecule has 1 aliphatic rings. The molecule has 0 saturated carbocycles. The normalized spacial score (nSPS) is 18.2. The Labute approximate surface area is 107 Å². The van der Waals surface area contributed by atoms with Crippen molar-refractivity contribution in [1.29, 1.82) is 0 Å². The molecule has 0 amide bonds. The summed E-state index contributed by atoms with van der Waals surface area (Å²) in [6, 6.07) is 0. The van der Waals surface area contributed by atoms with Gasteiger partial charge in [0.25, 0.3) is 0 Å². The van der Waals surface area contributed by atoms with Crippen LogP contribution in [0, 0.1) is 0 Å². The van der Waals surface area contributed by atoms with Crippen molar-refractivity contribution in [2.75, 3.05) is 7.11 Å². The number of carbonyl (C=O) groups is 1. The zero-order valence-corrected chi connectivity index (χ0v) is 10.8. The SMILES string of the molecule is COC(=O)C1CCC(=C=O)c2cncc(Br)c21. The number of nitrogens with zero attached hydrogens (tertiary/aromatic N) is 1. The number of esters is 1. The van der Waals surface area contributed by atoms with E-state index in [1.54, 1.807) is 12.4 Å². The first-order valence-corrected chi connectivity index (χ1v) is 5.94. The van der Waals surface area contributed by atoms with Crippen LogP contribution in [0.4, 0.5) is 0 Å². The molecule has 0 aromatic carbocycles. The lowest BCUT2D eigenvalue weighted by atomic mass is 9.81. The molecule has 1 unspecified atom stereocenters. The average Bonchev–Trinajstić information content (AvgIpc) is 2.37. The predicted molar refractivity (Wildman–Crippen MR) is 65.0 cm³/mol. The second-order valence-electron chi connectivity index (χ2n) is 3.78. The molecule has 5 heteroatoms. The average molecular weight is 296 g/mol. The van der Waals surface area contributed by atoms with Crippen molar-refractivity contribution in [2.45, 2.75) is 18.8 Å². The van der Waals surface area contributed by atoms with Gasteiger partial charge in [0.1, 0.15) is 5.94 Å². The molecule has 0 saturated heterocycles. The standard InChI is InChI=1S/C12H10BrNO3/c1-17-12(16)8-3-2-7(6-15)9-4-14-5-10(13)11(8)9/h4-5,8H,2-3H2,1H3. The monoisotopic (exact) mass is 295 g/mol. The summed E-state index contributed by atoms with van der Waals surface area (Å²) in [5.41, 5.74) is 2.03. The van der Waals surface area contributed by atoms with E-state index in [9.17, 15) is 9.59 Å². The molecule has 1 aromatic rings. The highest BCUT2D eigenvalue weighted by Gasteiger charge is 2.32. The van der Waals surface area contributed by atoms with Gasteiger partial charge in [-0.1, -0.05) is 0 Å². The third kappa shape index (κ3) is 2.04. The Hall–Kier alpha value is -1.45. The van der Waals surface area contributed by atoms with E-state index in [0.717, 1.165) is 10.0 Å². The second kappa shape index (κ2) is 4.82. The first-order valence-electron chi connectivity index (χ1n) is 5.14. The number of allylic oxidation sites excluding steroid dienone is 1. The Morgan fingerprint density at radius 3 is 3.00 bits per heavy atom. The van der Waals surface area contributed by atoms with Gasteiger partial charge >= 0.3 is 5.97 Å². The molecule has 0 spiro atoms. The van der Waals surface area contributed by atoms with Crippen molar-refractivity contribution in [3.63, 3.8) is 0 Å². The first kappa shape index (κ1) is 12.0. The van der Waals surface area contributed by atoms with E-state index >= 15 is 0 Å². The molecule has 1 aromatic heterocycles. The van der Waals surface area contributed by atoms with Crippen LogP contribution in [0.2, 0.25) is 0 Å². The zero-order chi connectivity index (χ0) is 12.4. The van der Waals surface area contributed by atoms with Crippen molar-refractivity contribution >= 4 is 33.4 Å². The van der Waals surface area contributed by atoms with Gasteiger partial charge in [-0.05, 0) is 34.3 Å². The number of hydrogen-bond acceptors (Lipinski definition) is 4. The van der Waals surface area contributed by atoms with Gasteiger partial charge in [-0.25, -0.2) is 4.79 Å².